The SMILES string of the molecule is COCCO[C@@H]1[C@H](C)[C@@H](C(OC(=O)c2ccccc2)C(F)P(C)(C)=O)O[C@H]1n1cc(C)c(=O)n(COCc2ccccc2)c1=O. The Morgan fingerprint density at radius 2 is 1.69 bits per heavy atom. The summed E-state index contributed by atoms with van der Waals surface area (Å²) in [5, 5.41) is 0. The highest BCUT2D eigenvalue weighted by molar-refractivity contribution is 7.62. The van der Waals surface area contributed by atoms with E-state index in [1.807, 2.05) is 30.3 Å². The molecular weight excluding hydrogens is 606 g/mol. The van der Waals surface area contributed by atoms with Crippen molar-refractivity contribution in [1.82, 2.24) is 9.13 Å². The van der Waals surface area contributed by atoms with Crippen LogP contribution in [0.5, 0.6) is 0 Å². The fourth-order valence-electron chi connectivity index (χ4n) is 5.19. The molecule has 11 nitrogen and oxygen atoms in total. The van der Waals surface area contributed by atoms with Gasteiger partial charge in [0.25, 0.3) is 5.56 Å². The molecule has 2 unspecified atom stereocenters. The van der Waals surface area contributed by atoms with E-state index in [9.17, 15) is 18.9 Å². The van der Waals surface area contributed by atoms with Gasteiger partial charge in [0.2, 0.25) is 0 Å². The topological polar surface area (TPSA) is 124 Å². The molecule has 3 aromatic rings. The largest absolute Gasteiger partial charge is 0.452 e. The number of alkyl halides is 1. The first-order chi connectivity index (χ1) is 21.4. The summed E-state index contributed by atoms with van der Waals surface area (Å²) in [6, 6.07) is 17.3. The molecule has 2 heterocycles. The minimum atomic E-state index is -3.46. The number of aromatic nitrogens is 2. The third-order valence-corrected chi connectivity index (χ3v) is 9.11. The quantitative estimate of drug-likeness (QED) is 0.144. The van der Waals surface area contributed by atoms with Gasteiger partial charge in [-0.3, -0.25) is 9.36 Å². The molecule has 1 aromatic heterocycles. The third kappa shape index (κ3) is 8.25. The summed E-state index contributed by atoms with van der Waals surface area (Å²) in [4.78, 5) is 39.9. The zero-order valence-corrected chi connectivity index (χ0v) is 26.9. The van der Waals surface area contributed by atoms with E-state index >= 15 is 4.39 Å². The number of nitrogens with zero attached hydrogens (tertiary/aromatic N) is 2. The smallest absolute Gasteiger partial charge is 0.338 e. The van der Waals surface area contributed by atoms with E-state index in [1.165, 1.54) is 43.3 Å². The van der Waals surface area contributed by atoms with Crippen LogP contribution in [0.15, 0.2) is 76.4 Å². The van der Waals surface area contributed by atoms with Gasteiger partial charge in [-0.2, -0.15) is 0 Å². The van der Waals surface area contributed by atoms with Crippen LogP contribution in [0.3, 0.4) is 0 Å². The van der Waals surface area contributed by atoms with Crippen LogP contribution in [0.1, 0.15) is 34.6 Å². The molecule has 45 heavy (non-hydrogen) atoms. The Hall–Kier alpha value is -3.41. The average Bonchev–Trinajstić information content (AvgIpc) is 3.34. The van der Waals surface area contributed by atoms with Crippen molar-refractivity contribution < 1.29 is 37.4 Å². The number of esters is 1. The van der Waals surface area contributed by atoms with Gasteiger partial charge in [-0.1, -0.05) is 55.5 Å². The number of ether oxygens (including phenoxy) is 5. The van der Waals surface area contributed by atoms with Crippen molar-refractivity contribution in [2.75, 3.05) is 33.7 Å². The maximum absolute atomic E-state index is 16.0. The molecule has 6 atom stereocenters. The molecule has 1 fully saturated rings. The number of aryl methyl sites for hydroxylation is 1. The molecule has 244 valence electrons. The van der Waals surface area contributed by atoms with Crippen LogP contribution >= 0.6 is 7.14 Å². The van der Waals surface area contributed by atoms with Crippen molar-refractivity contribution in [2.45, 2.75) is 57.6 Å². The van der Waals surface area contributed by atoms with Crippen molar-refractivity contribution in [3.05, 3.63) is 104 Å². The van der Waals surface area contributed by atoms with E-state index in [2.05, 4.69) is 0 Å². The number of carbonyl (C=O) groups excluding carboxylic acids is 1. The van der Waals surface area contributed by atoms with Gasteiger partial charge in [0, 0.05) is 24.8 Å². The number of hydrogen-bond acceptors (Lipinski definition) is 9. The zero-order chi connectivity index (χ0) is 32.7. The summed E-state index contributed by atoms with van der Waals surface area (Å²) < 4.78 is 60.0. The van der Waals surface area contributed by atoms with Gasteiger partial charge in [-0.05, 0) is 37.9 Å². The van der Waals surface area contributed by atoms with Crippen molar-refractivity contribution in [1.29, 1.82) is 0 Å². The minimum Gasteiger partial charge on any atom is -0.452 e. The van der Waals surface area contributed by atoms with Crippen molar-refractivity contribution in [2.24, 2.45) is 5.92 Å². The maximum Gasteiger partial charge on any atom is 0.338 e. The first kappa shape index (κ1) is 34.5. The second-order valence-electron chi connectivity index (χ2n) is 11.4. The second kappa shape index (κ2) is 15.2. The summed E-state index contributed by atoms with van der Waals surface area (Å²) in [6.07, 6.45) is -3.43. The molecular formula is C32H40FN2O9P. The van der Waals surface area contributed by atoms with E-state index in [0.717, 1.165) is 10.1 Å². The van der Waals surface area contributed by atoms with Gasteiger partial charge in [0.1, 0.15) is 26.1 Å². The van der Waals surface area contributed by atoms with E-state index in [0.29, 0.717) is 0 Å². The van der Waals surface area contributed by atoms with E-state index in [4.69, 9.17) is 23.7 Å². The van der Waals surface area contributed by atoms with Gasteiger partial charge in [0.15, 0.2) is 18.2 Å². The third-order valence-electron chi connectivity index (χ3n) is 7.63. The molecule has 13 heteroatoms. The summed E-state index contributed by atoms with van der Waals surface area (Å²) in [5.41, 5.74) is 0.00164. The zero-order valence-electron chi connectivity index (χ0n) is 26.0. The highest BCUT2D eigenvalue weighted by atomic mass is 31.2. The second-order valence-corrected chi connectivity index (χ2v) is 14.8. The fourth-order valence-corrected chi connectivity index (χ4v) is 6.13. The number of methoxy groups -OCH3 is 1. The highest BCUT2D eigenvalue weighted by Crippen LogP contribution is 2.49. The monoisotopic (exact) mass is 646 g/mol. The summed E-state index contributed by atoms with van der Waals surface area (Å²) in [7, 11) is -1.96. The number of halogens is 1. The Labute approximate surface area is 261 Å². The number of rotatable bonds is 14. The molecule has 0 saturated carbocycles. The maximum atomic E-state index is 16.0. The normalized spacial score (nSPS) is 21.4. The van der Waals surface area contributed by atoms with Crippen LogP contribution in [0.25, 0.3) is 0 Å². The van der Waals surface area contributed by atoms with Crippen LogP contribution < -0.4 is 11.2 Å². The highest BCUT2D eigenvalue weighted by Gasteiger charge is 2.53. The van der Waals surface area contributed by atoms with Crippen LogP contribution in [0, 0.1) is 12.8 Å². The predicted molar refractivity (Wildman–Crippen MR) is 166 cm³/mol. The van der Waals surface area contributed by atoms with Crippen molar-refractivity contribution in [3.63, 3.8) is 0 Å². The van der Waals surface area contributed by atoms with Crippen LogP contribution in [-0.4, -0.2) is 73.0 Å². The standard InChI is InChI=1S/C32H40FN2O9P/c1-21-18-34(32(38)35(29(21)36)20-41-19-23-12-8-6-9-13-23)30-26(42-17-16-40-3)22(2)25(43-30)27(28(33)45(4,5)39)44-31(37)24-14-10-7-11-15-24/h6-15,18,22,25-28,30H,16-17,19-20H2,1-5H3/t22-,25+,26-,27?,28?,30-/m1/s1. The lowest BCUT2D eigenvalue weighted by Crippen LogP contribution is -2.44. The van der Waals surface area contributed by atoms with E-state index in [-0.39, 0.29) is 37.7 Å². The Morgan fingerprint density at radius 3 is 2.31 bits per heavy atom. The Balaban J connectivity index is 1.70. The molecule has 0 spiro atoms. The molecule has 0 N–H and O–H groups in total. The van der Waals surface area contributed by atoms with Gasteiger partial charge >= 0.3 is 11.7 Å². The first-order valence-corrected chi connectivity index (χ1v) is 17.3. The lowest BCUT2D eigenvalue weighted by molar-refractivity contribution is -0.104. The Kier molecular flexibility index (Phi) is 11.7. The molecule has 0 bridgehead atoms. The molecule has 2 aromatic carbocycles. The van der Waals surface area contributed by atoms with Crippen LogP contribution in [0.2, 0.25) is 0 Å². The van der Waals surface area contributed by atoms with Crippen LogP contribution in [0.4, 0.5) is 4.39 Å². The van der Waals surface area contributed by atoms with Gasteiger partial charge in [-0.15, -0.1) is 0 Å². The minimum absolute atomic E-state index is 0.110. The van der Waals surface area contributed by atoms with Gasteiger partial charge in [-0.25, -0.2) is 18.5 Å². The fraction of sp³-hybridized carbons (Fsp3) is 0.469. The lowest BCUT2D eigenvalue weighted by Gasteiger charge is -2.30. The first-order valence-electron chi connectivity index (χ1n) is 14.6. The van der Waals surface area contributed by atoms with Gasteiger partial charge in [0.05, 0.1) is 25.4 Å². The molecule has 0 aliphatic carbocycles. The summed E-state index contributed by atoms with van der Waals surface area (Å²) in [5.74, 6) is -3.55. The van der Waals surface area contributed by atoms with E-state index < -0.39 is 60.7 Å². The summed E-state index contributed by atoms with van der Waals surface area (Å²) in [6.45, 7) is 5.98. The lowest BCUT2D eigenvalue weighted by atomic mass is 9.96. The van der Waals surface area contributed by atoms with Crippen LogP contribution in [-0.2, 0) is 41.6 Å². The molecule has 0 radical (unpaired) electrons. The molecule has 0 amide bonds. The summed E-state index contributed by atoms with van der Waals surface area (Å²) >= 11 is 0. The van der Waals surface area contributed by atoms with Gasteiger partial charge < -0.3 is 28.2 Å². The number of benzene rings is 2. The van der Waals surface area contributed by atoms with E-state index in [1.54, 1.807) is 32.0 Å². The number of hydrogen-bond donors (Lipinski definition) is 0. The van der Waals surface area contributed by atoms with Crippen molar-refractivity contribution >= 4 is 13.1 Å². The molecule has 1 saturated heterocycles. The Bertz CT molecular complexity index is 1590. The molecule has 4 rings (SSSR count). The predicted octanol–water partition coefficient (Wildman–Crippen LogP) is 4.20. The molecule has 1 aliphatic heterocycles. The number of carbonyl (C=O) groups is 1. The molecule has 1 aliphatic rings. The van der Waals surface area contributed by atoms with Crippen molar-refractivity contribution in [3.8, 4) is 0 Å². The Morgan fingerprint density at radius 1 is 1.04 bits per heavy atom. The average molecular weight is 647 g/mol.